The molecule has 1 aliphatic heterocycles. The minimum Gasteiger partial charge on any atom is -0.444 e. The number of aromatic nitrogens is 1. The molecule has 0 radical (unpaired) electrons. The fourth-order valence-electron chi connectivity index (χ4n) is 4.45. The predicted molar refractivity (Wildman–Crippen MR) is 162 cm³/mol. The Balaban J connectivity index is 1.53. The van der Waals surface area contributed by atoms with Crippen LogP contribution < -0.4 is 10.6 Å². The Labute approximate surface area is 248 Å². The minimum absolute atomic E-state index is 0.198. The number of fused-ring (bicyclic) bond motifs is 1. The molecule has 0 spiro atoms. The van der Waals surface area contributed by atoms with Crippen LogP contribution in [0.15, 0.2) is 54.6 Å². The summed E-state index contributed by atoms with van der Waals surface area (Å²) in [6, 6.07) is 16.0. The van der Waals surface area contributed by atoms with Crippen molar-refractivity contribution in [2.75, 3.05) is 11.6 Å². The quantitative estimate of drug-likeness (QED) is 0.268. The van der Waals surface area contributed by atoms with Crippen LogP contribution in [-0.2, 0) is 20.7 Å². The number of rotatable bonds is 9. The molecule has 0 unspecified atom stereocenters. The van der Waals surface area contributed by atoms with Crippen LogP contribution in [-0.4, -0.2) is 63.0 Å². The van der Waals surface area contributed by atoms with Crippen molar-refractivity contribution in [1.29, 1.82) is 0 Å². The van der Waals surface area contributed by atoms with E-state index in [0.717, 1.165) is 10.3 Å². The largest absolute Gasteiger partial charge is 0.444 e. The van der Waals surface area contributed by atoms with Crippen LogP contribution in [0.5, 0.6) is 0 Å². The number of ketones is 1. The van der Waals surface area contributed by atoms with Crippen molar-refractivity contribution in [2.45, 2.75) is 58.8 Å². The van der Waals surface area contributed by atoms with Gasteiger partial charge in [0.05, 0.1) is 16.1 Å². The average molecular weight is 597 g/mol. The zero-order chi connectivity index (χ0) is 29.7. The first-order chi connectivity index (χ1) is 19.4. The molecule has 218 valence electrons. The molecule has 1 aliphatic rings. The summed E-state index contributed by atoms with van der Waals surface area (Å²) in [5, 5.41) is 5.93. The van der Waals surface area contributed by atoms with Crippen molar-refractivity contribution in [3.63, 3.8) is 0 Å². The number of hydrogen-bond acceptors (Lipinski definition) is 8. The lowest BCUT2D eigenvalue weighted by molar-refractivity contribution is -0.137. The molecule has 2 aromatic carbocycles. The molecule has 4 rings (SSSR count). The fourth-order valence-corrected chi connectivity index (χ4v) is 6.51. The lowest BCUT2D eigenvalue weighted by Crippen LogP contribution is -2.57. The van der Waals surface area contributed by atoms with Gasteiger partial charge in [0.2, 0.25) is 17.6 Å². The second-order valence-corrected chi connectivity index (χ2v) is 13.3. The van der Waals surface area contributed by atoms with Gasteiger partial charge in [-0.15, -0.1) is 23.1 Å². The molecule has 1 fully saturated rings. The van der Waals surface area contributed by atoms with Gasteiger partial charge in [0, 0.05) is 5.75 Å². The molecule has 0 bridgehead atoms. The van der Waals surface area contributed by atoms with Gasteiger partial charge in [-0.25, -0.2) is 9.78 Å². The Bertz CT molecular complexity index is 1370. The van der Waals surface area contributed by atoms with Gasteiger partial charge >= 0.3 is 6.09 Å². The highest BCUT2D eigenvalue weighted by Crippen LogP contribution is 2.27. The van der Waals surface area contributed by atoms with Crippen molar-refractivity contribution in [2.24, 2.45) is 11.8 Å². The summed E-state index contributed by atoms with van der Waals surface area (Å²) < 4.78 is 6.23. The number of hydrogen-bond donors (Lipinski definition) is 2. The van der Waals surface area contributed by atoms with Gasteiger partial charge in [-0.05, 0) is 50.8 Å². The lowest BCUT2D eigenvalue weighted by Gasteiger charge is -2.32. The van der Waals surface area contributed by atoms with E-state index in [-0.39, 0.29) is 29.0 Å². The molecular weight excluding hydrogens is 560 g/mol. The maximum Gasteiger partial charge on any atom is 0.408 e. The summed E-state index contributed by atoms with van der Waals surface area (Å²) in [5.74, 6) is -1.59. The first-order valence-electron chi connectivity index (χ1n) is 13.5. The summed E-state index contributed by atoms with van der Waals surface area (Å²) in [4.78, 5) is 59.6. The molecule has 9 nitrogen and oxygen atoms in total. The molecule has 1 aromatic heterocycles. The third kappa shape index (κ3) is 7.85. The summed E-state index contributed by atoms with van der Waals surface area (Å²) >= 11 is 2.76. The molecule has 0 saturated carbocycles. The third-order valence-corrected chi connectivity index (χ3v) is 8.56. The van der Waals surface area contributed by atoms with Crippen molar-refractivity contribution in [3.8, 4) is 0 Å². The molecule has 41 heavy (non-hydrogen) atoms. The topological polar surface area (TPSA) is 118 Å². The van der Waals surface area contributed by atoms with Gasteiger partial charge in [0.25, 0.3) is 0 Å². The van der Waals surface area contributed by atoms with Gasteiger partial charge in [-0.1, -0.05) is 56.3 Å². The highest BCUT2D eigenvalue weighted by molar-refractivity contribution is 7.99. The smallest absolute Gasteiger partial charge is 0.408 e. The number of carbonyl (C=O) groups is 4. The number of benzene rings is 2. The molecular formula is C30H36N4O5S2. The fraction of sp³-hybridized carbons (Fsp3) is 0.433. The minimum atomic E-state index is -1.03. The van der Waals surface area contributed by atoms with E-state index >= 15 is 0 Å². The zero-order valence-electron chi connectivity index (χ0n) is 23.9. The van der Waals surface area contributed by atoms with Gasteiger partial charge < -0.3 is 20.3 Å². The zero-order valence-corrected chi connectivity index (χ0v) is 25.5. The third-order valence-electron chi connectivity index (χ3n) is 6.50. The number of alkyl carbamates (subject to hydrolysis) is 1. The van der Waals surface area contributed by atoms with E-state index < -0.39 is 35.7 Å². The summed E-state index contributed by atoms with van der Waals surface area (Å²) in [6.07, 6.45) is -1.12. The van der Waals surface area contributed by atoms with Crippen molar-refractivity contribution in [1.82, 2.24) is 20.5 Å². The maximum atomic E-state index is 13.7. The Kier molecular flexibility index (Phi) is 9.70. The van der Waals surface area contributed by atoms with Crippen LogP contribution in [0.25, 0.3) is 10.2 Å². The summed E-state index contributed by atoms with van der Waals surface area (Å²) in [7, 11) is 0. The van der Waals surface area contributed by atoms with Gasteiger partial charge in [-0.3, -0.25) is 14.4 Å². The number of nitrogens with one attached hydrogen (secondary N) is 2. The predicted octanol–water partition coefficient (Wildman–Crippen LogP) is 4.86. The van der Waals surface area contributed by atoms with E-state index in [1.54, 1.807) is 25.7 Å². The van der Waals surface area contributed by atoms with Gasteiger partial charge in [-0.2, -0.15) is 0 Å². The number of amides is 3. The van der Waals surface area contributed by atoms with Crippen LogP contribution in [0.3, 0.4) is 0 Å². The monoisotopic (exact) mass is 596 g/mol. The van der Waals surface area contributed by atoms with E-state index in [9.17, 15) is 19.2 Å². The van der Waals surface area contributed by atoms with Crippen LogP contribution in [0.4, 0.5) is 4.79 Å². The lowest BCUT2D eigenvalue weighted by atomic mass is 9.94. The Morgan fingerprint density at radius 1 is 1.05 bits per heavy atom. The number of thioether (sulfide) groups is 1. The number of Topliss-reactive ketones (excluding diaryl/α,β-unsaturated/α-hetero) is 1. The maximum absolute atomic E-state index is 13.7. The number of ether oxygens (including phenoxy) is 1. The second-order valence-electron chi connectivity index (χ2n) is 11.3. The van der Waals surface area contributed by atoms with E-state index in [2.05, 4.69) is 15.6 Å². The standard InChI is InChI=1S/C30H36N4O5S2/c1-18(2)24(33-29(38)39-30(3,4)5)28(37)34-17-40-16-23(34)32-26(36)20(15-19-11-7-6-8-12-19)25(35)27-31-21-13-9-10-14-22(21)41-27/h6-14,18,20,23-24H,15-17H2,1-5H3,(H,32,36)(H,33,38)/t20-,23+,24-/m0/s1. The highest BCUT2D eigenvalue weighted by atomic mass is 32.2. The van der Waals surface area contributed by atoms with E-state index in [1.165, 1.54) is 23.1 Å². The van der Waals surface area contributed by atoms with Crippen molar-refractivity contribution >= 4 is 57.0 Å². The Morgan fingerprint density at radius 3 is 2.39 bits per heavy atom. The molecule has 3 amide bonds. The summed E-state index contributed by atoms with van der Waals surface area (Å²) in [5.41, 5.74) is 0.844. The van der Waals surface area contributed by atoms with Crippen molar-refractivity contribution in [3.05, 3.63) is 65.2 Å². The average Bonchev–Trinajstić information content (AvgIpc) is 3.56. The first-order valence-corrected chi connectivity index (χ1v) is 15.5. The number of nitrogens with zero attached hydrogens (tertiary/aromatic N) is 2. The van der Waals surface area contributed by atoms with E-state index in [4.69, 9.17) is 4.74 Å². The molecule has 2 N–H and O–H groups in total. The van der Waals surface area contributed by atoms with Crippen LogP contribution in [0.1, 0.15) is 50.0 Å². The van der Waals surface area contributed by atoms with Crippen LogP contribution in [0.2, 0.25) is 0 Å². The van der Waals surface area contributed by atoms with E-state index in [1.807, 2.05) is 68.4 Å². The normalized spacial score (nSPS) is 16.8. The SMILES string of the molecule is CC(C)[C@H](NC(=O)OC(C)(C)C)C(=O)N1CSC[C@@H]1NC(=O)[C@@H](Cc1ccccc1)C(=O)c1nc2ccccc2s1. The Hall–Kier alpha value is -3.44. The summed E-state index contributed by atoms with van der Waals surface area (Å²) in [6.45, 7) is 8.93. The molecule has 1 saturated heterocycles. The Morgan fingerprint density at radius 2 is 1.73 bits per heavy atom. The van der Waals surface area contributed by atoms with Crippen LogP contribution in [0, 0.1) is 11.8 Å². The van der Waals surface area contributed by atoms with Gasteiger partial charge in [0.15, 0.2) is 5.01 Å². The molecule has 0 aliphatic carbocycles. The van der Waals surface area contributed by atoms with Crippen LogP contribution >= 0.6 is 23.1 Å². The van der Waals surface area contributed by atoms with Gasteiger partial charge in [0.1, 0.15) is 23.7 Å². The number of thiazole rings is 1. The number of para-hydroxylation sites is 1. The van der Waals surface area contributed by atoms with Crippen molar-refractivity contribution < 1.29 is 23.9 Å². The van der Waals surface area contributed by atoms with E-state index in [0.29, 0.717) is 17.1 Å². The molecule has 2 heterocycles. The molecule has 3 aromatic rings. The first kappa shape index (κ1) is 30.5. The molecule has 3 atom stereocenters. The second kappa shape index (κ2) is 13.0. The number of carbonyl (C=O) groups excluding carboxylic acids is 4. The molecule has 11 heteroatoms. The highest BCUT2D eigenvalue weighted by Gasteiger charge is 2.39.